The van der Waals surface area contributed by atoms with Crippen LogP contribution in [0.25, 0.3) is 0 Å². The van der Waals surface area contributed by atoms with Gasteiger partial charge in [0.1, 0.15) is 22.5 Å². The fourth-order valence-corrected chi connectivity index (χ4v) is 8.32. The van der Waals surface area contributed by atoms with Crippen molar-refractivity contribution in [3.8, 4) is 5.88 Å². The minimum Gasteiger partial charge on any atom is -0.475 e. The van der Waals surface area contributed by atoms with E-state index in [1.807, 2.05) is 63.2 Å². The summed E-state index contributed by atoms with van der Waals surface area (Å²) in [6.45, 7) is 11.8. The molecule has 1 fully saturated rings. The van der Waals surface area contributed by atoms with Crippen molar-refractivity contribution in [1.29, 1.82) is 0 Å². The molecule has 244 valence electrons. The Kier molecular flexibility index (Phi) is 12.1. The lowest BCUT2D eigenvalue weighted by Gasteiger charge is -2.26. The molecule has 0 bridgehead atoms. The predicted molar refractivity (Wildman–Crippen MR) is 183 cm³/mol. The second-order valence-electron chi connectivity index (χ2n) is 11.1. The molecule has 10 nitrogen and oxygen atoms in total. The van der Waals surface area contributed by atoms with Crippen LogP contribution in [0.5, 0.6) is 5.88 Å². The standard InChI is InChI=1S/C31H40N6O4S2.C2H6/c1-4-37(33)27-10-9-25(21(3)30(27)32)26(17-29(38)35-24-11-15-42(39)19-24)22-8-7-20(2)23(16-22)18-36-13-14-41-31-28(43(36)40)6-5-12-34-31;1-2/h5-10,12,16,24,26H,4,11,13-15,17-19,32-33H2,1-3H3,(H,35,38);1-2H3. The number of hydrazine groups is 1. The number of nitrogen functional groups attached to an aromatic ring is 1. The van der Waals surface area contributed by atoms with Crippen molar-refractivity contribution in [2.45, 2.75) is 70.9 Å². The molecule has 0 radical (unpaired) electrons. The minimum absolute atomic E-state index is 0.0796. The van der Waals surface area contributed by atoms with Crippen LogP contribution in [0.1, 0.15) is 67.3 Å². The Morgan fingerprint density at radius 2 is 1.98 bits per heavy atom. The monoisotopic (exact) mass is 654 g/mol. The molecule has 4 unspecified atom stereocenters. The third-order valence-corrected chi connectivity index (χ3v) is 11.2. The van der Waals surface area contributed by atoms with E-state index < -0.39 is 21.8 Å². The van der Waals surface area contributed by atoms with E-state index in [1.165, 1.54) is 0 Å². The molecule has 2 aliphatic rings. The predicted octanol–water partition coefficient (Wildman–Crippen LogP) is 4.08. The number of nitrogens with zero attached hydrogens (tertiary/aromatic N) is 3. The van der Waals surface area contributed by atoms with Crippen molar-refractivity contribution < 1.29 is 17.9 Å². The molecular formula is C33H46N6O4S2. The second kappa shape index (κ2) is 15.8. The van der Waals surface area contributed by atoms with E-state index in [0.29, 0.717) is 54.2 Å². The van der Waals surface area contributed by atoms with Gasteiger partial charge in [-0.15, -0.1) is 0 Å². The number of amides is 1. The van der Waals surface area contributed by atoms with Gasteiger partial charge in [-0.25, -0.2) is 19.3 Å². The molecule has 12 heteroatoms. The molecule has 3 aromatic rings. The Hall–Kier alpha value is -3.32. The number of pyridine rings is 1. The van der Waals surface area contributed by atoms with E-state index in [2.05, 4.69) is 16.4 Å². The lowest BCUT2D eigenvalue weighted by atomic mass is 9.83. The van der Waals surface area contributed by atoms with Crippen LogP contribution in [-0.4, -0.2) is 60.9 Å². The summed E-state index contributed by atoms with van der Waals surface area (Å²) in [5.74, 6) is 7.30. The Balaban J connectivity index is 0.00000226. The number of nitrogens with two attached hydrogens (primary N) is 2. The maximum Gasteiger partial charge on any atom is 0.231 e. The first-order valence-electron chi connectivity index (χ1n) is 15.6. The summed E-state index contributed by atoms with van der Waals surface area (Å²) in [7, 11) is -2.33. The number of nitrogens with one attached hydrogen (secondary N) is 1. The van der Waals surface area contributed by atoms with E-state index in [1.54, 1.807) is 23.3 Å². The van der Waals surface area contributed by atoms with Crippen molar-refractivity contribution in [1.82, 2.24) is 14.6 Å². The first-order valence-corrected chi connectivity index (χ1v) is 18.1. The number of carbonyl (C=O) groups is 1. The number of hydrogen-bond acceptors (Lipinski definition) is 8. The number of ether oxygens (including phenoxy) is 1. The van der Waals surface area contributed by atoms with Gasteiger partial charge in [-0.1, -0.05) is 38.1 Å². The van der Waals surface area contributed by atoms with Crippen LogP contribution < -0.4 is 26.6 Å². The van der Waals surface area contributed by atoms with Crippen LogP contribution in [0.15, 0.2) is 53.6 Å². The van der Waals surface area contributed by atoms with Crippen LogP contribution in [0.2, 0.25) is 0 Å². The Morgan fingerprint density at radius 1 is 1.20 bits per heavy atom. The van der Waals surface area contributed by atoms with Crippen LogP contribution in [-0.2, 0) is 33.1 Å². The van der Waals surface area contributed by atoms with Gasteiger partial charge in [0, 0.05) is 66.5 Å². The van der Waals surface area contributed by atoms with Gasteiger partial charge in [0.25, 0.3) is 0 Å². The molecule has 1 aromatic heterocycles. The summed E-state index contributed by atoms with van der Waals surface area (Å²) in [4.78, 5) is 18.2. The highest BCUT2D eigenvalue weighted by Crippen LogP contribution is 2.37. The number of aryl methyl sites for hydroxylation is 1. The van der Waals surface area contributed by atoms with Crippen molar-refractivity contribution in [2.75, 3.05) is 41.9 Å². The van der Waals surface area contributed by atoms with Crippen LogP contribution in [0.4, 0.5) is 11.4 Å². The van der Waals surface area contributed by atoms with Gasteiger partial charge >= 0.3 is 0 Å². The van der Waals surface area contributed by atoms with Gasteiger partial charge in [0.05, 0.1) is 11.4 Å². The highest BCUT2D eigenvalue weighted by molar-refractivity contribution is 7.85. The first kappa shape index (κ1) is 34.6. The second-order valence-corrected chi connectivity index (χ2v) is 14.1. The molecule has 2 aliphatic heterocycles. The molecule has 1 amide bonds. The van der Waals surface area contributed by atoms with Crippen molar-refractivity contribution >= 4 is 39.1 Å². The smallest absolute Gasteiger partial charge is 0.231 e. The average molecular weight is 655 g/mol. The van der Waals surface area contributed by atoms with E-state index >= 15 is 0 Å². The summed E-state index contributed by atoms with van der Waals surface area (Å²) in [5.41, 5.74) is 12.8. The number of carbonyl (C=O) groups excluding carboxylic acids is 1. The van der Waals surface area contributed by atoms with Gasteiger partial charge in [0.2, 0.25) is 11.8 Å². The minimum atomic E-state index is -1.44. The maximum absolute atomic E-state index is 13.5. The van der Waals surface area contributed by atoms with E-state index in [4.69, 9.17) is 16.3 Å². The fourth-order valence-electron chi connectivity index (χ4n) is 5.68. The van der Waals surface area contributed by atoms with Crippen LogP contribution in [0.3, 0.4) is 0 Å². The molecule has 3 heterocycles. The molecule has 45 heavy (non-hydrogen) atoms. The number of aromatic nitrogens is 1. The SMILES string of the molecule is CC.CCN(N)c1ccc(C(CC(=O)NC2CCS(=O)C2)c2ccc(C)c(CN3CCOc4ncccc4S3=O)c2)c(C)c1N. The largest absolute Gasteiger partial charge is 0.475 e. The zero-order valence-electron chi connectivity index (χ0n) is 26.9. The maximum atomic E-state index is 13.5. The highest BCUT2D eigenvalue weighted by atomic mass is 32.2. The molecule has 2 aromatic carbocycles. The van der Waals surface area contributed by atoms with Crippen LogP contribution >= 0.6 is 0 Å². The van der Waals surface area contributed by atoms with Gasteiger partial charge in [-0.05, 0) is 73.2 Å². The molecule has 0 saturated carbocycles. The van der Waals surface area contributed by atoms with E-state index in [-0.39, 0.29) is 24.3 Å². The molecule has 0 aliphatic carbocycles. The lowest BCUT2D eigenvalue weighted by molar-refractivity contribution is -0.121. The summed E-state index contributed by atoms with van der Waals surface area (Å²) >= 11 is 0. The Labute approximate surface area is 271 Å². The molecule has 5 rings (SSSR count). The Bertz CT molecular complexity index is 1550. The van der Waals surface area contributed by atoms with Gasteiger partial charge in [-0.3, -0.25) is 9.00 Å². The summed E-state index contributed by atoms with van der Waals surface area (Å²) in [6, 6.07) is 13.6. The van der Waals surface area contributed by atoms with E-state index in [9.17, 15) is 13.2 Å². The average Bonchev–Trinajstić information content (AvgIpc) is 3.38. The molecule has 5 N–H and O–H groups in total. The first-order chi connectivity index (χ1) is 21.7. The van der Waals surface area contributed by atoms with Crippen molar-refractivity contribution in [3.63, 3.8) is 0 Å². The zero-order valence-corrected chi connectivity index (χ0v) is 28.5. The molecule has 0 spiro atoms. The quantitative estimate of drug-likeness (QED) is 0.178. The number of hydrogen-bond donors (Lipinski definition) is 3. The number of benzene rings is 2. The molecule has 1 saturated heterocycles. The van der Waals surface area contributed by atoms with Gasteiger partial charge < -0.3 is 20.8 Å². The third-order valence-electron chi connectivity index (χ3n) is 8.26. The van der Waals surface area contributed by atoms with E-state index in [0.717, 1.165) is 39.9 Å². The number of fused-ring (bicyclic) bond motifs is 1. The molecular weight excluding hydrogens is 609 g/mol. The fraction of sp³-hybridized carbons (Fsp3) is 0.455. The number of rotatable bonds is 9. The van der Waals surface area contributed by atoms with Crippen LogP contribution in [0, 0.1) is 13.8 Å². The summed E-state index contributed by atoms with van der Waals surface area (Å²) in [5, 5.41) is 4.71. The zero-order chi connectivity index (χ0) is 32.7. The molecule has 4 atom stereocenters. The number of anilines is 2. The van der Waals surface area contributed by atoms with Gasteiger partial charge in [0.15, 0.2) is 0 Å². The van der Waals surface area contributed by atoms with Gasteiger partial charge in [-0.2, -0.15) is 0 Å². The highest BCUT2D eigenvalue weighted by Gasteiger charge is 2.28. The summed E-state index contributed by atoms with van der Waals surface area (Å²) < 4.78 is 33.1. The summed E-state index contributed by atoms with van der Waals surface area (Å²) in [6.07, 6.45) is 2.56. The topological polar surface area (TPSA) is 144 Å². The van der Waals surface area contributed by atoms with Crippen molar-refractivity contribution in [3.05, 3.63) is 76.5 Å². The third kappa shape index (κ3) is 8.10. The normalized spacial score (nSPS) is 20.2. The lowest BCUT2D eigenvalue weighted by Crippen LogP contribution is -2.36. The van der Waals surface area contributed by atoms with Crippen molar-refractivity contribution in [2.24, 2.45) is 5.84 Å². The Morgan fingerprint density at radius 3 is 2.69 bits per heavy atom.